The quantitative estimate of drug-likeness (QED) is 0.881. The van der Waals surface area contributed by atoms with E-state index in [9.17, 15) is 13.9 Å². The summed E-state index contributed by atoms with van der Waals surface area (Å²) in [6.07, 6.45) is 0.297. The second-order valence-corrected chi connectivity index (χ2v) is 5.63. The molecular formula is C17H19F2NO. The van der Waals surface area contributed by atoms with Crippen LogP contribution in [0.1, 0.15) is 18.1 Å². The van der Waals surface area contributed by atoms with E-state index in [1.165, 1.54) is 18.2 Å². The maximum absolute atomic E-state index is 13.8. The maximum Gasteiger partial charge on any atom is 0.126 e. The number of halogens is 2. The Labute approximate surface area is 123 Å². The molecule has 0 aromatic heterocycles. The maximum atomic E-state index is 13.8. The number of aryl methyl sites for hydroxylation is 1. The number of hydrogen-bond donors (Lipinski definition) is 2. The summed E-state index contributed by atoms with van der Waals surface area (Å²) in [5.41, 5.74) is 1.08. The number of nitrogens with one attached hydrogen (secondary N) is 1. The Hall–Kier alpha value is -1.94. The molecule has 2 rings (SSSR count). The van der Waals surface area contributed by atoms with E-state index in [1.54, 1.807) is 38.1 Å². The first-order chi connectivity index (χ1) is 9.92. The largest absolute Gasteiger partial charge is 0.394 e. The second kappa shape index (κ2) is 6.22. The van der Waals surface area contributed by atoms with Crippen molar-refractivity contribution in [3.8, 4) is 0 Å². The van der Waals surface area contributed by atoms with E-state index >= 15 is 0 Å². The van der Waals surface area contributed by atoms with Gasteiger partial charge in [-0.25, -0.2) is 8.78 Å². The molecule has 0 bridgehead atoms. The van der Waals surface area contributed by atoms with Gasteiger partial charge in [-0.15, -0.1) is 0 Å². The van der Waals surface area contributed by atoms with Crippen molar-refractivity contribution < 1.29 is 13.9 Å². The minimum Gasteiger partial charge on any atom is -0.394 e. The first kappa shape index (κ1) is 15.4. The van der Waals surface area contributed by atoms with Gasteiger partial charge in [-0.05, 0) is 49.2 Å². The minimum absolute atomic E-state index is 0.198. The average Bonchev–Trinajstić information content (AvgIpc) is 2.40. The third-order valence-corrected chi connectivity index (χ3v) is 3.38. The van der Waals surface area contributed by atoms with Gasteiger partial charge in [0.2, 0.25) is 0 Å². The number of hydrogen-bond acceptors (Lipinski definition) is 2. The van der Waals surface area contributed by atoms with Gasteiger partial charge in [0.15, 0.2) is 0 Å². The standard InChI is InChI=1S/C17H19F2NO/c1-12-7-14(18)9-15(8-12)20-17(2,11-21)10-13-5-3-4-6-16(13)19/h3-9,20-21H,10-11H2,1-2H3. The van der Waals surface area contributed by atoms with E-state index in [-0.39, 0.29) is 18.2 Å². The summed E-state index contributed by atoms with van der Waals surface area (Å²) in [5.74, 6) is -0.655. The fraction of sp³-hybridized carbons (Fsp3) is 0.294. The number of anilines is 1. The van der Waals surface area contributed by atoms with E-state index in [2.05, 4.69) is 5.32 Å². The fourth-order valence-corrected chi connectivity index (χ4v) is 2.36. The number of aliphatic hydroxyl groups excluding tert-OH is 1. The molecule has 0 aliphatic heterocycles. The van der Waals surface area contributed by atoms with Gasteiger partial charge in [0, 0.05) is 12.1 Å². The molecule has 0 radical (unpaired) electrons. The molecule has 0 saturated carbocycles. The van der Waals surface area contributed by atoms with Gasteiger partial charge in [0.25, 0.3) is 0 Å². The lowest BCUT2D eigenvalue weighted by atomic mass is 9.92. The summed E-state index contributed by atoms with van der Waals surface area (Å²) in [4.78, 5) is 0. The van der Waals surface area contributed by atoms with E-state index in [4.69, 9.17) is 0 Å². The SMILES string of the molecule is Cc1cc(F)cc(NC(C)(CO)Cc2ccccc2F)c1. The fourth-order valence-electron chi connectivity index (χ4n) is 2.36. The molecule has 21 heavy (non-hydrogen) atoms. The van der Waals surface area contributed by atoms with Crippen LogP contribution in [0.15, 0.2) is 42.5 Å². The van der Waals surface area contributed by atoms with Crippen molar-refractivity contribution in [1.29, 1.82) is 0 Å². The van der Waals surface area contributed by atoms with Crippen LogP contribution in [0.25, 0.3) is 0 Å². The Morgan fingerprint density at radius 2 is 1.86 bits per heavy atom. The number of benzene rings is 2. The predicted octanol–water partition coefficient (Wildman–Crippen LogP) is 3.68. The van der Waals surface area contributed by atoms with E-state index in [0.29, 0.717) is 17.7 Å². The molecule has 1 unspecified atom stereocenters. The van der Waals surface area contributed by atoms with Crippen molar-refractivity contribution in [1.82, 2.24) is 0 Å². The smallest absolute Gasteiger partial charge is 0.126 e. The van der Waals surface area contributed by atoms with Gasteiger partial charge in [0.05, 0.1) is 12.1 Å². The van der Waals surface area contributed by atoms with Crippen LogP contribution in [0, 0.1) is 18.6 Å². The van der Waals surface area contributed by atoms with Crippen molar-refractivity contribution in [2.24, 2.45) is 0 Å². The topological polar surface area (TPSA) is 32.3 Å². The van der Waals surface area contributed by atoms with Crippen molar-refractivity contribution in [2.75, 3.05) is 11.9 Å². The van der Waals surface area contributed by atoms with Crippen LogP contribution in [-0.2, 0) is 6.42 Å². The highest BCUT2D eigenvalue weighted by atomic mass is 19.1. The highest BCUT2D eigenvalue weighted by molar-refractivity contribution is 5.48. The first-order valence-electron chi connectivity index (χ1n) is 6.81. The highest BCUT2D eigenvalue weighted by Crippen LogP contribution is 2.22. The zero-order chi connectivity index (χ0) is 15.5. The molecule has 0 aliphatic rings. The van der Waals surface area contributed by atoms with Gasteiger partial charge < -0.3 is 10.4 Å². The van der Waals surface area contributed by atoms with Crippen LogP contribution in [0.2, 0.25) is 0 Å². The van der Waals surface area contributed by atoms with E-state index < -0.39 is 5.54 Å². The lowest BCUT2D eigenvalue weighted by Crippen LogP contribution is -2.41. The molecule has 4 heteroatoms. The highest BCUT2D eigenvalue weighted by Gasteiger charge is 2.25. The molecule has 2 N–H and O–H groups in total. The molecule has 2 aromatic rings. The van der Waals surface area contributed by atoms with Crippen LogP contribution in [-0.4, -0.2) is 17.3 Å². The van der Waals surface area contributed by atoms with E-state index in [0.717, 1.165) is 5.56 Å². The normalized spacial score (nSPS) is 13.8. The van der Waals surface area contributed by atoms with Crippen LogP contribution < -0.4 is 5.32 Å². The van der Waals surface area contributed by atoms with Crippen LogP contribution in [0.3, 0.4) is 0 Å². The van der Waals surface area contributed by atoms with Gasteiger partial charge in [0.1, 0.15) is 11.6 Å². The van der Waals surface area contributed by atoms with Gasteiger partial charge in [-0.2, -0.15) is 0 Å². The monoisotopic (exact) mass is 291 g/mol. The number of aliphatic hydroxyl groups is 1. The summed E-state index contributed by atoms with van der Waals surface area (Å²) >= 11 is 0. The van der Waals surface area contributed by atoms with E-state index in [1.807, 2.05) is 0 Å². The zero-order valence-electron chi connectivity index (χ0n) is 12.2. The van der Waals surface area contributed by atoms with Crippen molar-refractivity contribution >= 4 is 5.69 Å². The zero-order valence-corrected chi connectivity index (χ0v) is 12.2. The summed E-state index contributed by atoms with van der Waals surface area (Å²) in [7, 11) is 0. The van der Waals surface area contributed by atoms with Crippen molar-refractivity contribution in [3.63, 3.8) is 0 Å². The molecule has 0 fully saturated rings. The van der Waals surface area contributed by atoms with Gasteiger partial charge in [-0.3, -0.25) is 0 Å². The minimum atomic E-state index is -0.775. The molecule has 0 spiro atoms. The molecule has 1 atom stereocenters. The third-order valence-electron chi connectivity index (χ3n) is 3.38. The Bertz CT molecular complexity index is 610. The summed E-state index contributed by atoms with van der Waals surface area (Å²) in [6.45, 7) is 3.37. The Morgan fingerprint density at radius 1 is 1.14 bits per heavy atom. The molecule has 2 nitrogen and oxygen atoms in total. The van der Waals surface area contributed by atoms with Gasteiger partial charge in [-0.1, -0.05) is 18.2 Å². The molecular weight excluding hydrogens is 272 g/mol. The molecule has 0 aliphatic carbocycles. The molecule has 2 aromatic carbocycles. The van der Waals surface area contributed by atoms with Crippen molar-refractivity contribution in [2.45, 2.75) is 25.8 Å². The Morgan fingerprint density at radius 3 is 2.48 bits per heavy atom. The summed E-state index contributed by atoms with van der Waals surface area (Å²) < 4.78 is 27.2. The molecule has 0 saturated heterocycles. The average molecular weight is 291 g/mol. The molecule has 0 amide bonds. The summed E-state index contributed by atoms with van der Waals surface area (Å²) in [5, 5.41) is 12.8. The predicted molar refractivity (Wildman–Crippen MR) is 80.4 cm³/mol. The molecule has 0 heterocycles. The third kappa shape index (κ3) is 4.02. The molecule has 112 valence electrons. The second-order valence-electron chi connectivity index (χ2n) is 5.63. The lowest BCUT2D eigenvalue weighted by molar-refractivity contribution is 0.221. The lowest BCUT2D eigenvalue weighted by Gasteiger charge is -2.30. The first-order valence-corrected chi connectivity index (χ1v) is 6.81. The van der Waals surface area contributed by atoms with Crippen LogP contribution >= 0.6 is 0 Å². The van der Waals surface area contributed by atoms with Crippen LogP contribution in [0.4, 0.5) is 14.5 Å². The Balaban J connectivity index is 2.23. The summed E-state index contributed by atoms with van der Waals surface area (Å²) in [6, 6.07) is 11.0. The van der Waals surface area contributed by atoms with Crippen molar-refractivity contribution in [3.05, 3.63) is 65.2 Å². The Kier molecular flexibility index (Phi) is 4.58. The van der Waals surface area contributed by atoms with Gasteiger partial charge >= 0.3 is 0 Å². The number of rotatable bonds is 5. The van der Waals surface area contributed by atoms with Crippen LogP contribution in [0.5, 0.6) is 0 Å².